The van der Waals surface area contributed by atoms with Crippen molar-refractivity contribution in [2.24, 2.45) is 0 Å². The number of nitrogens with one attached hydrogen (secondary N) is 1. The molecule has 10 heteroatoms. The maximum absolute atomic E-state index is 12.4. The molecular formula is C16H30Cl2N4O3S. The van der Waals surface area contributed by atoms with Gasteiger partial charge in [-0.2, -0.15) is 11.8 Å². The van der Waals surface area contributed by atoms with E-state index in [9.17, 15) is 9.59 Å². The van der Waals surface area contributed by atoms with Crippen LogP contribution in [-0.4, -0.2) is 110 Å². The third-order valence-electron chi connectivity index (χ3n) is 4.87. The second-order valence-electron chi connectivity index (χ2n) is 6.58. The van der Waals surface area contributed by atoms with Crippen LogP contribution in [0, 0.1) is 0 Å². The fourth-order valence-corrected chi connectivity index (χ4v) is 4.30. The van der Waals surface area contributed by atoms with Crippen LogP contribution in [0.2, 0.25) is 0 Å². The highest BCUT2D eigenvalue weighted by atomic mass is 35.5. The van der Waals surface area contributed by atoms with Crippen LogP contribution in [0.1, 0.15) is 6.42 Å². The lowest BCUT2D eigenvalue weighted by atomic mass is 10.2. The van der Waals surface area contributed by atoms with Gasteiger partial charge in [-0.15, -0.1) is 24.8 Å². The molecular weight excluding hydrogens is 399 g/mol. The third-order valence-corrected chi connectivity index (χ3v) is 6.00. The molecule has 26 heavy (non-hydrogen) atoms. The first kappa shape index (κ1) is 23.8. The largest absolute Gasteiger partial charge is 0.378 e. The molecule has 0 aromatic rings. The lowest BCUT2D eigenvalue weighted by molar-refractivity contribution is -0.138. The van der Waals surface area contributed by atoms with Crippen LogP contribution >= 0.6 is 36.6 Å². The number of carbonyl (C=O) groups excluding carboxylic acids is 2. The first-order valence-electron chi connectivity index (χ1n) is 8.89. The number of hydrogen-bond donors (Lipinski definition) is 1. The number of ether oxygens (including phenoxy) is 1. The van der Waals surface area contributed by atoms with Crippen LogP contribution in [0.5, 0.6) is 0 Å². The van der Waals surface area contributed by atoms with E-state index in [1.807, 2.05) is 21.6 Å². The van der Waals surface area contributed by atoms with Gasteiger partial charge < -0.3 is 19.9 Å². The number of amides is 2. The Bertz CT molecular complexity index is 441. The number of hydrogen-bond acceptors (Lipinski definition) is 6. The van der Waals surface area contributed by atoms with E-state index < -0.39 is 0 Å². The first-order chi connectivity index (χ1) is 11.7. The SMILES string of the molecule is Cl.Cl.O=C(CC1CSCCN1)N1CCN(CC(=O)N2CCOCC2)CC1. The molecule has 3 fully saturated rings. The Balaban J connectivity index is 0.00000169. The van der Waals surface area contributed by atoms with E-state index in [2.05, 4.69) is 10.2 Å². The lowest BCUT2D eigenvalue weighted by Crippen LogP contribution is -2.53. The van der Waals surface area contributed by atoms with Crippen LogP contribution in [0.25, 0.3) is 0 Å². The van der Waals surface area contributed by atoms with Crippen molar-refractivity contribution in [1.29, 1.82) is 0 Å². The van der Waals surface area contributed by atoms with E-state index in [0.29, 0.717) is 45.3 Å². The topological polar surface area (TPSA) is 65.1 Å². The minimum Gasteiger partial charge on any atom is -0.378 e. The molecule has 0 spiro atoms. The van der Waals surface area contributed by atoms with Crippen molar-refractivity contribution >= 4 is 48.4 Å². The Hall–Kier alpha value is -0.250. The van der Waals surface area contributed by atoms with Gasteiger partial charge in [0.15, 0.2) is 0 Å². The summed E-state index contributed by atoms with van der Waals surface area (Å²) in [5.74, 6) is 2.59. The number of nitrogens with zero attached hydrogens (tertiary/aromatic N) is 3. The van der Waals surface area contributed by atoms with Gasteiger partial charge in [0, 0.05) is 69.8 Å². The molecule has 2 amide bonds. The number of carbonyl (C=O) groups is 2. The molecule has 0 radical (unpaired) electrons. The van der Waals surface area contributed by atoms with E-state index in [-0.39, 0.29) is 36.6 Å². The summed E-state index contributed by atoms with van der Waals surface area (Å²) in [6.07, 6.45) is 0.597. The van der Waals surface area contributed by atoms with E-state index in [0.717, 1.165) is 44.2 Å². The van der Waals surface area contributed by atoms with Gasteiger partial charge >= 0.3 is 0 Å². The summed E-state index contributed by atoms with van der Waals surface area (Å²) < 4.78 is 5.28. The van der Waals surface area contributed by atoms with Crippen LogP contribution in [0.15, 0.2) is 0 Å². The summed E-state index contributed by atoms with van der Waals surface area (Å²) in [6.45, 7) is 7.17. The maximum Gasteiger partial charge on any atom is 0.236 e. The van der Waals surface area contributed by atoms with E-state index in [4.69, 9.17) is 4.74 Å². The average molecular weight is 429 g/mol. The molecule has 3 saturated heterocycles. The maximum atomic E-state index is 12.4. The number of morpholine rings is 1. The lowest BCUT2D eigenvalue weighted by Gasteiger charge is -2.36. The third kappa shape index (κ3) is 7.05. The highest BCUT2D eigenvalue weighted by Crippen LogP contribution is 2.13. The van der Waals surface area contributed by atoms with Gasteiger partial charge in [0.05, 0.1) is 19.8 Å². The van der Waals surface area contributed by atoms with Crippen molar-refractivity contribution in [1.82, 2.24) is 20.0 Å². The van der Waals surface area contributed by atoms with Crippen LogP contribution in [0.3, 0.4) is 0 Å². The summed E-state index contributed by atoms with van der Waals surface area (Å²) in [5, 5.41) is 3.42. The molecule has 3 heterocycles. The fraction of sp³-hybridized carbons (Fsp3) is 0.875. The van der Waals surface area contributed by atoms with Crippen molar-refractivity contribution in [3.05, 3.63) is 0 Å². The molecule has 3 rings (SSSR count). The first-order valence-corrected chi connectivity index (χ1v) is 10.0. The Morgan fingerprint density at radius 3 is 2.23 bits per heavy atom. The fourth-order valence-electron chi connectivity index (χ4n) is 3.35. The Morgan fingerprint density at radius 2 is 1.62 bits per heavy atom. The monoisotopic (exact) mass is 428 g/mol. The molecule has 0 bridgehead atoms. The molecule has 0 saturated carbocycles. The highest BCUT2D eigenvalue weighted by molar-refractivity contribution is 7.99. The summed E-state index contributed by atoms with van der Waals surface area (Å²) in [5.41, 5.74) is 0. The van der Waals surface area contributed by atoms with Crippen molar-refractivity contribution < 1.29 is 14.3 Å². The van der Waals surface area contributed by atoms with Gasteiger partial charge in [-0.1, -0.05) is 0 Å². The van der Waals surface area contributed by atoms with Gasteiger partial charge in [-0.05, 0) is 0 Å². The number of piperazine rings is 1. The van der Waals surface area contributed by atoms with Gasteiger partial charge in [0.25, 0.3) is 0 Å². The molecule has 3 aliphatic heterocycles. The molecule has 7 nitrogen and oxygen atoms in total. The van der Waals surface area contributed by atoms with Crippen molar-refractivity contribution in [2.45, 2.75) is 12.5 Å². The molecule has 3 aliphatic rings. The zero-order valence-corrected chi connectivity index (χ0v) is 17.5. The van der Waals surface area contributed by atoms with Crippen molar-refractivity contribution in [3.63, 3.8) is 0 Å². The summed E-state index contributed by atoms with van der Waals surface area (Å²) in [7, 11) is 0. The van der Waals surface area contributed by atoms with E-state index >= 15 is 0 Å². The second-order valence-corrected chi connectivity index (χ2v) is 7.73. The van der Waals surface area contributed by atoms with Gasteiger partial charge in [0.1, 0.15) is 0 Å². The van der Waals surface area contributed by atoms with E-state index in [1.54, 1.807) is 0 Å². The molecule has 0 aromatic carbocycles. The van der Waals surface area contributed by atoms with Crippen molar-refractivity contribution in [3.8, 4) is 0 Å². The number of halogens is 2. The molecule has 1 atom stereocenters. The molecule has 0 aromatic heterocycles. The Morgan fingerprint density at radius 1 is 0.962 bits per heavy atom. The Kier molecular flexibility index (Phi) is 11.2. The quantitative estimate of drug-likeness (QED) is 0.675. The molecule has 1 unspecified atom stereocenters. The predicted octanol–water partition coefficient (Wildman–Crippen LogP) is -0.0719. The summed E-state index contributed by atoms with van der Waals surface area (Å²) >= 11 is 1.92. The normalized spacial score (nSPS) is 24.4. The molecule has 0 aliphatic carbocycles. The van der Waals surface area contributed by atoms with E-state index in [1.165, 1.54) is 0 Å². The standard InChI is InChI=1S/C16H28N4O3S.2ClH/c21-15(11-14-13-24-10-1-17-14)19-4-2-18(3-5-19)12-16(22)20-6-8-23-9-7-20;;/h14,17H,1-13H2;2*1H. The summed E-state index contributed by atoms with van der Waals surface area (Å²) in [6, 6.07) is 0.317. The number of thioether (sulfide) groups is 1. The summed E-state index contributed by atoms with van der Waals surface area (Å²) in [4.78, 5) is 30.7. The average Bonchev–Trinajstić information content (AvgIpc) is 2.64. The molecule has 152 valence electrons. The minimum atomic E-state index is 0. The zero-order chi connectivity index (χ0) is 16.8. The van der Waals surface area contributed by atoms with Gasteiger partial charge in [0.2, 0.25) is 11.8 Å². The second kappa shape index (κ2) is 12.3. The van der Waals surface area contributed by atoms with Crippen LogP contribution < -0.4 is 5.32 Å². The minimum absolute atomic E-state index is 0. The number of rotatable bonds is 4. The molecule has 1 N–H and O–H groups in total. The smallest absolute Gasteiger partial charge is 0.236 e. The van der Waals surface area contributed by atoms with Gasteiger partial charge in [-0.3, -0.25) is 14.5 Å². The predicted molar refractivity (Wildman–Crippen MR) is 109 cm³/mol. The van der Waals surface area contributed by atoms with Gasteiger partial charge in [-0.25, -0.2) is 0 Å². The Labute approximate surface area is 172 Å². The van der Waals surface area contributed by atoms with Crippen molar-refractivity contribution in [2.75, 3.05) is 77.1 Å². The van der Waals surface area contributed by atoms with Crippen LogP contribution in [0.4, 0.5) is 0 Å². The highest BCUT2D eigenvalue weighted by Gasteiger charge is 2.26. The zero-order valence-electron chi connectivity index (χ0n) is 15.1. The van der Waals surface area contributed by atoms with Crippen LogP contribution in [-0.2, 0) is 14.3 Å².